The summed E-state index contributed by atoms with van der Waals surface area (Å²) in [5.41, 5.74) is 1.20. The molecule has 3 heterocycles. The molecule has 0 aliphatic carbocycles. The molecule has 0 radical (unpaired) electrons. The Labute approximate surface area is 111 Å². The van der Waals surface area contributed by atoms with Crippen LogP contribution in [0.4, 0.5) is 5.82 Å². The van der Waals surface area contributed by atoms with Crippen molar-refractivity contribution in [3.63, 3.8) is 0 Å². The Morgan fingerprint density at radius 3 is 3.21 bits per heavy atom. The molecule has 0 amide bonds. The lowest BCUT2D eigenvalue weighted by Crippen LogP contribution is -2.19. The number of aromatic nitrogens is 4. The third kappa shape index (κ3) is 2.73. The molecular formula is C13H17N5O. The van der Waals surface area contributed by atoms with E-state index in [2.05, 4.69) is 32.4 Å². The van der Waals surface area contributed by atoms with Crippen molar-refractivity contribution in [2.45, 2.75) is 19.4 Å². The first-order valence-corrected chi connectivity index (χ1v) is 6.46. The zero-order valence-corrected chi connectivity index (χ0v) is 10.8. The number of hydrogen-bond acceptors (Lipinski definition) is 5. The highest BCUT2D eigenvalue weighted by Gasteiger charge is 2.31. The van der Waals surface area contributed by atoms with Crippen molar-refractivity contribution in [3.8, 4) is 0 Å². The fourth-order valence-corrected chi connectivity index (χ4v) is 2.37. The summed E-state index contributed by atoms with van der Waals surface area (Å²) < 4.78 is 5.73. The number of aryl methyl sites for hydroxylation is 1. The molecule has 2 N–H and O–H groups in total. The lowest BCUT2D eigenvalue weighted by atomic mass is 10.0. The van der Waals surface area contributed by atoms with E-state index < -0.39 is 0 Å². The molecule has 0 spiro atoms. The number of hydrogen-bond donors (Lipinski definition) is 2. The minimum Gasteiger partial charge on any atom is -0.370 e. The first-order valence-electron chi connectivity index (χ1n) is 6.46. The number of ether oxygens (including phenoxy) is 1. The molecule has 0 saturated carbocycles. The summed E-state index contributed by atoms with van der Waals surface area (Å²) in [6.07, 6.45) is 4.35. The molecule has 100 valence electrons. The average molecular weight is 259 g/mol. The van der Waals surface area contributed by atoms with Gasteiger partial charge in [0.05, 0.1) is 0 Å². The van der Waals surface area contributed by atoms with Gasteiger partial charge in [-0.05, 0) is 31.0 Å². The quantitative estimate of drug-likeness (QED) is 0.874. The standard InChI is InChI=1S/C13H17N5O/c1-9-2-4-14-11(6-9)15-7-10-3-5-19-12(10)13-16-8-17-18-13/h2,4,6,8,10,12H,3,5,7H2,1H3,(H,14,15)(H,16,17,18)/t10-,12-/m0/s1. The van der Waals surface area contributed by atoms with E-state index in [0.29, 0.717) is 5.92 Å². The Bertz CT molecular complexity index is 528. The number of pyridine rings is 1. The second-order valence-corrected chi connectivity index (χ2v) is 4.81. The van der Waals surface area contributed by atoms with Crippen LogP contribution in [0.25, 0.3) is 0 Å². The molecule has 0 unspecified atom stereocenters. The topological polar surface area (TPSA) is 75.7 Å². The van der Waals surface area contributed by atoms with E-state index in [0.717, 1.165) is 31.2 Å². The molecule has 0 aromatic carbocycles. The zero-order chi connectivity index (χ0) is 13.1. The molecule has 19 heavy (non-hydrogen) atoms. The molecule has 3 rings (SSSR count). The van der Waals surface area contributed by atoms with Crippen LogP contribution >= 0.6 is 0 Å². The molecule has 6 nitrogen and oxygen atoms in total. The van der Waals surface area contributed by atoms with Crippen molar-refractivity contribution >= 4 is 5.82 Å². The normalized spacial score (nSPS) is 22.6. The van der Waals surface area contributed by atoms with Crippen molar-refractivity contribution in [2.75, 3.05) is 18.5 Å². The van der Waals surface area contributed by atoms with E-state index in [9.17, 15) is 0 Å². The van der Waals surface area contributed by atoms with Crippen molar-refractivity contribution in [2.24, 2.45) is 5.92 Å². The number of rotatable bonds is 4. The monoisotopic (exact) mass is 259 g/mol. The van der Waals surface area contributed by atoms with E-state index in [1.807, 2.05) is 18.3 Å². The molecule has 1 fully saturated rings. The second-order valence-electron chi connectivity index (χ2n) is 4.81. The summed E-state index contributed by atoms with van der Waals surface area (Å²) in [5.74, 6) is 2.10. The predicted molar refractivity (Wildman–Crippen MR) is 70.6 cm³/mol. The van der Waals surface area contributed by atoms with Gasteiger partial charge in [-0.1, -0.05) is 0 Å². The first kappa shape index (κ1) is 12.1. The van der Waals surface area contributed by atoms with Gasteiger partial charge in [0, 0.05) is 25.3 Å². The Hall–Kier alpha value is -1.95. The third-order valence-corrected chi connectivity index (χ3v) is 3.38. The van der Waals surface area contributed by atoms with Crippen LogP contribution in [-0.2, 0) is 4.74 Å². The van der Waals surface area contributed by atoms with Crippen molar-refractivity contribution in [1.82, 2.24) is 20.2 Å². The van der Waals surface area contributed by atoms with Gasteiger partial charge >= 0.3 is 0 Å². The number of nitrogens with zero attached hydrogens (tertiary/aromatic N) is 3. The summed E-state index contributed by atoms with van der Waals surface area (Å²) in [6, 6.07) is 4.03. The van der Waals surface area contributed by atoms with Crippen LogP contribution in [0.5, 0.6) is 0 Å². The van der Waals surface area contributed by atoms with Gasteiger partial charge in [0.2, 0.25) is 0 Å². The van der Waals surface area contributed by atoms with Gasteiger partial charge in [0.25, 0.3) is 0 Å². The molecule has 1 aliphatic rings. The van der Waals surface area contributed by atoms with Crippen LogP contribution < -0.4 is 5.32 Å². The summed E-state index contributed by atoms with van der Waals surface area (Å²) >= 11 is 0. The summed E-state index contributed by atoms with van der Waals surface area (Å²) in [6.45, 7) is 3.64. The summed E-state index contributed by atoms with van der Waals surface area (Å²) in [7, 11) is 0. The fourth-order valence-electron chi connectivity index (χ4n) is 2.37. The van der Waals surface area contributed by atoms with Gasteiger partial charge in [-0.2, -0.15) is 5.10 Å². The van der Waals surface area contributed by atoms with Crippen molar-refractivity contribution in [1.29, 1.82) is 0 Å². The Morgan fingerprint density at radius 1 is 1.47 bits per heavy atom. The maximum atomic E-state index is 5.73. The van der Waals surface area contributed by atoms with Crippen molar-refractivity contribution in [3.05, 3.63) is 36.0 Å². The van der Waals surface area contributed by atoms with Gasteiger partial charge in [-0.3, -0.25) is 5.10 Å². The highest BCUT2D eigenvalue weighted by molar-refractivity contribution is 5.37. The Kier molecular flexibility index (Phi) is 3.41. The minimum absolute atomic E-state index is 0.000177. The van der Waals surface area contributed by atoms with Crippen LogP contribution in [0.2, 0.25) is 0 Å². The SMILES string of the molecule is Cc1ccnc(NC[C@@H]2CCO[C@@H]2c2ncn[nH]2)c1. The average Bonchev–Trinajstić information content (AvgIpc) is 3.07. The van der Waals surface area contributed by atoms with E-state index in [1.54, 1.807) is 0 Å². The third-order valence-electron chi connectivity index (χ3n) is 3.38. The molecule has 1 saturated heterocycles. The van der Waals surface area contributed by atoms with Gasteiger partial charge < -0.3 is 10.1 Å². The molecule has 2 aromatic heterocycles. The van der Waals surface area contributed by atoms with Crippen LogP contribution in [0.15, 0.2) is 24.7 Å². The summed E-state index contributed by atoms with van der Waals surface area (Å²) in [5, 5.41) is 10.1. The van der Waals surface area contributed by atoms with Gasteiger partial charge in [0.1, 0.15) is 18.2 Å². The van der Waals surface area contributed by atoms with E-state index >= 15 is 0 Å². The van der Waals surface area contributed by atoms with Crippen LogP contribution in [0.1, 0.15) is 23.9 Å². The number of anilines is 1. The van der Waals surface area contributed by atoms with Crippen LogP contribution in [-0.4, -0.2) is 33.3 Å². The fraction of sp³-hybridized carbons (Fsp3) is 0.462. The van der Waals surface area contributed by atoms with Crippen LogP contribution in [0.3, 0.4) is 0 Å². The minimum atomic E-state index is -0.000177. The molecule has 2 aromatic rings. The van der Waals surface area contributed by atoms with Crippen LogP contribution in [0, 0.1) is 12.8 Å². The molecular weight excluding hydrogens is 242 g/mol. The smallest absolute Gasteiger partial charge is 0.153 e. The maximum Gasteiger partial charge on any atom is 0.153 e. The highest BCUT2D eigenvalue weighted by atomic mass is 16.5. The van der Waals surface area contributed by atoms with Gasteiger partial charge in [0.15, 0.2) is 5.82 Å². The first-order chi connectivity index (χ1) is 9.33. The van der Waals surface area contributed by atoms with E-state index in [4.69, 9.17) is 4.74 Å². The van der Waals surface area contributed by atoms with Gasteiger partial charge in [-0.25, -0.2) is 9.97 Å². The van der Waals surface area contributed by atoms with Gasteiger partial charge in [-0.15, -0.1) is 0 Å². The largest absolute Gasteiger partial charge is 0.370 e. The summed E-state index contributed by atoms with van der Waals surface area (Å²) in [4.78, 5) is 8.48. The predicted octanol–water partition coefficient (Wildman–Crippen LogP) is 1.70. The number of aromatic amines is 1. The highest BCUT2D eigenvalue weighted by Crippen LogP contribution is 2.32. The second kappa shape index (κ2) is 5.36. The van der Waals surface area contributed by atoms with E-state index in [1.165, 1.54) is 11.9 Å². The number of nitrogens with one attached hydrogen (secondary N) is 2. The lowest BCUT2D eigenvalue weighted by molar-refractivity contribution is 0.0864. The lowest BCUT2D eigenvalue weighted by Gasteiger charge is -2.17. The van der Waals surface area contributed by atoms with Crippen molar-refractivity contribution < 1.29 is 4.74 Å². The molecule has 0 bridgehead atoms. The maximum absolute atomic E-state index is 5.73. The molecule has 6 heteroatoms. The molecule has 2 atom stereocenters. The zero-order valence-electron chi connectivity index (χ0n) is 10.8. The molecule has 1 aliphatic heterocycles. The Balaban J connectivity index is 1.63. The van der Waals surface area contributed by atoms with E-state index in [-0.39, 0.29) is 6.10 Å². The number of H-pyrrole nitrogens is 1. The Morgan fingerprint density at radius 2 is 2.42 bits per heavy atom.